The molecule has 122 valence electrons. The number of benzene rings is 1. The average molecular weight is 336 g/mol. The van der Waals surface area contributed by atoms with Crippen molar-refractivity contribution in [2.45, 2.75) is 0 Å². The lowest BCUT2D eigenvalue weighted by Crippen LogP contribution is -2.24. The number of sulfonamides is 1. The first kappa shape index (κ1) is 16.8. The summed E-state index contributed by atoms with van der Waals surface area (Å²) in [5, 5.41) is 0. The molecule has 7 nitrogen and oxygen atoms in total. The van der Waals surface area contributed by atoms with Gasteiger partial charge in [0.15, 0.2) is 12.4 Å². The Morgan fingerprint density at radius 2 is 1.83 bits per heavy atom. The third kappa shape index (κ3) is 4.19. The Labute approximate surface area is 133 Å². The highest BCUT2D eigenvalue weighted by Crippen LogP contribution is 2.16. The minimum atomic E-state index is -3.36. The predicted molar refractivity (Wildman–Crippen MR) is 85.1 cm³/mol. The second-order valence-electron chi connectivity index (χ2n) is 4.86. The van der Waals surface area contributed by atoms with Gasteiger partial charge in [0.1, 0.15) is 5.69 Å². The molecule has 1 aromatic heterocycles. The zero-order valence-corrected chi connectivity index (χ0v) is 13.5. The van der Waals surface area contributed by atoms with Crippen LogP contribution in [-0.4, -0.2) is 45.1 Å². The normalized spacial score (nSPS) is 11.0. The molecule has 0 aliphatic carbocycles. The second-order valence-corrected chi connectivity index (χ2v) is 6.87. The molecule has 0 amide bonds. The monoisotopic (exact) mass is 336 g/mol. The van der Waals surface area contributed by atoms with E-state index in [-0.39, 0.29) is 18.1 Å². The van der Waals surface area contributed by atoms with E-state index in [1.807, 2.05) is 0 Å². The molecule has 23 heavy (non-hydrogen) atoms. The quantitative estimate of drug-likeness (QED) is 0.636. The molecule has 0 aliphatic heterocycles. The number of ether oxygens (including phenoxy) is 1. The Balaban J connectivity index is 1.99. The third-order valence-electron chi connectivity index (χ3n) is 3.20. The van der Waals surface area contributed by atoms with Gasteiger partial charge in [-0.15, -0.1) is 0 Å². The van der Waals surface area contributed by atoms with E-state index in [9.17, 15) is 18.0 Å². The number of H-pyrrole nitrogens is 1. The number of hydrogen-bond acceptors (Lipinski definition) is 5. The Bertz CT molecular complexity index is 795. The molecule has 0 unspecified atom stereocenters. The van der Waals surface area contributed by atoms with Crippen LogP contribution in [0.2, 0.25) is 0 Å². The number of nitrogens with zero attached hydrogens (tertiary/aromatic N) is 1. The van der Waals surface area contributed by atoms with Gasteiger partial charge < -0.3 is 9.72 Å². The van der Waals surface area contributed by atoms with Crippen LogP contribution >= 0.6 is 0 Å². The maximum Gasteiger partial charge on any atom is 0.355 e. The minimum absolute atomic E-state index is 0.267. The largest absolute Gasteiger partial charge is 0.453 e. The average Bonchev–Trinajstić information content (AvgIpc) is 3.05. The number of carbonyl (C=O) groups is 2. The molecule has 0 saturated heterocycles. The van der Waals surface area contributed by atoms with Gasteiger partial charge in [0.05, 0.1) is 11.9 Å². The van der Waals surface area contributed by atoms with Gasteiger partial charge in [-0.2, -0.15) is 0 Å². The SMILES string of the molecule is CN(c1ccc(C(=O)COC(=O)c2ccc[nH]2)cc1)S(C)(=O)=O. The first-order chi connectivity index (χ1) is 10.8. The van der Waals surface area contributed by atoms with E-state index in [0.717, 1.165) is 10.6 Å². The van der Waals surface area contributed by atoms with Gasteiger partial charge in [-0.05, 0) is 36.4 Å². The molecule has 0 radical (unpaired) electrons. The summed E-state index contributed by atoms with van der Waals surface area (Å²) >= 11 is 0. The van der Waals surface area contributed by atoms with Gasteiger partial charge in [-0.3, -0.25) is 9.10 Å². The molecule has 0 fully saturated rings. The first-order valence-corrected chi connectivity index (χ1v) is 8.51. The van der Waals surface area contributed by atoms with Crippen molar-refractivity contribution in [3.63, 3.8) is 0 Å². The van der Waals surface area contributed by atoms with E-state index in [1.165, 1.54) is 31.3 Å². The lowest BCUT2D eigenvalue weighted by molar-refractivity contribution is 0.0469. The van der Waals surface area contributed by atoms with Gasteiger partial charge in [0, 0.05) is 18.8 Å². The van der Waals surface area contributed by atoms with Crippen LogP contribution in [0.1, 0.15) is 20.8 Å². The van der Waals surface area contributed by atoms with Crippen LogP contribution < -0.4 is 4.31 Å². The summed E-state index contributed by atoms with van der Waals surface area (Å²) in [6.07, 6.45) is 2.67. The molecule has 0 saturated carbocycles. The predicted octanol–water partition coefficient (Wildman–Crippen LogP) is 1.45. The molecule has 2 aromatic rings. The van der Waals surface area contributed by atoms with E-state index in [0.29, 0.717) is 11.3 Å². The van der Waals surface area contributed by atoms with Crippen LogP contribution in [0.15, 0.2) is 42.6 Å². The number of ketones is 1. The molecule has 0 spiro atoms. The minimum Gasteiger partial charge on any atom is -0.453 e. The third-order valence-corrected chi connectivity index (χ3v) is 4.41. The standard InChI is InChI=1S/C15H16N2O5S/c1-17(23(2,20)21)12-7-5-11(6-8-12)14(18)10-22-15(19)13-4-3-9-16-13/h3-9,16H,10H2,1-2H3. The fourth-order valence-corrected chi connectivity index (χ4v) is 2.30. The summed E-state index contributed by atoms with van der Waals surface area (Å²) in [7, 11) is -1.94. The molecule has 0 bridgehead atoms. The van der Waals surface area contributed by atoms with Gasteiger partial charge in [0.25, 0.3) is 0 Å². The van der Waals surface area contributed by atoms with E-state index in [2.05, 4.69) is 4.98 Å². The van der Waals surface area contributed by atoms with Crippen LogP contribution in [-0.2, 0) is 14.8 Å². The Morgan fingerprint density at radius 3 is 2.35 bits per heavy atom. The molecule has 1 N–H and O–H groups in total. The van der Waals surface area contributed by atoms with Gasteiger partial charge in [-0.1, -0.05) is 0 Å². The van der Waals surface area contributed by atoms with Crippen LogP contribution in [0.5, 0.6) is 0 Å². The summed E-state index contributed by atoms with van der Waals surface area (Å²) in [6, 6.07) is 9.20. The fourth-order valence-electron chi connectivity index (χ4n) is 1.80. The number of nitrogens with one attached hydrogen (secondary N) is 1. The number of aromatic amines is 1. The molecule has 1 aromatic carbocycles. The van der Waals surface area contributed by atoms with E-state index in [1.54, 1.807) is 18.3 Å². The van der Waals surface area contributed by atoms with Crippen molar-refractivity contribution in [1.29, 1.82) is 0 Å². The maximum atomic E-state index is 12.0. The van der Waals surface area contributed by atoms with Gasteiger partial charge in [-0.25, -0.2) is 13.2 Å². The summed E-state index contributed by atoms with van der Waals surface area (Å²) in [6.45, 7) is -0.390. The van der Waals surface area contributed by atoms with E-state index in [4.69, 9.17) is 4.74 Å². The number of anilines is 1. The number of aromatic nitrogens is 1. The number of rotatable bonds is 6. The topological polar surface area (TPSA) is 96.5 Å². The van der Waals surface area contributed by atoms with Crippen molar-refractivity contribution >= 4 is 27.5 Å². The Kier molecular flexibility index (Phi) is 4.85. The molecule has 8 heteroatoms. The second kappa shape index (κ2) is 6.66. The van der Waals surface area contributed by atoms with Gasteiger partial charge >= 0.3 is 5.97 Å². The van der Waals surface area contributed by atoms with Crippen molar-refractivity contribution < 1.29 is 22.7 Å². The zero-order valence-electron chi connectivity index (χ0n) is 12.6. The van der Waals surface area contributed by atoms with Crippen LogP contribution in [0.4, 0.5) is 5.69 Å². The smallest absolute Gasteiger partial charge is 0.355 e. The molecule has 1 heterocycles. The van der Waals surface area contributed by atoms with Crippen molar-refractivity contribution in [3.05, 3.63) is 53.9 Å². The summed E-state index contributed by atoms with van der Waals surface area (Å²) in [5.41, 5.74) is 1.03. The fraction of sp³-hybridized carbons (Fsp3) is 0.200. The number of esters is 1. The molecular formula is C15H16N2O5S. The molecular weight excluding hydrogens is 320 g/mol. The molecule has 0 atom stereocenters. The van der Waals surface area contributed by atoms with Crippen molar-refractivity contribution in [2.75, 3.05) is 24.2 Å². The molecule has 2 rings (SSSR count). The van der Waals surface area contributed by atoms with Crippen LogP contribution in [0.25, 0.3) is 0 Å². The lowest BCUT2D eigenvalue weighted by Gasteiger charge is -2.16. The highest BCUT2D eigenvalue weighted by atomic mass is 32.2. The highest BCUT2D eigenvalue weighted by molar-refractivity contribution is 7.92. The van der Waals surface area contributed by atoms with Crippen molar-refractivity contribution in [3.8, 4) is 0 Å². The Morgan fingerprint density at radius 1 is 1.17 bits per heavy atom. The molecule has 0 aliphatic rings. The number of Topliss-reactive ketones (excluding diaryl/α,β-unsaturated/α-hetero) is 1. The summed E-state index contributed by atoms with van der Waals surface area (Å²) in [4.78, 5) is 26.3. The first-order valence-electron chi connectivity index (χ1n) is 6.66. The maximum absolute atomic E-state index is 12.0. The van der Waals surface area contributed by atoms with E-state index < -0.39 is 16.0 Å². The van der Waals surface area contributed by atoms with Crippen molar-refractivity contribution in [2.24, 2.45) is 0 Å². The number of carbonyl (C=O) groups excluding carboxylic acids is 2. The summed E-state index contributed by atoms with van der Waals surface area (Å²) in [5.74, 6) is -0.991. The Hall–Kier alpha value is -2.61. The summed E-state index contributed by atoms with van der Waals surface area (Å²) < 4.78 is 28.9. The number of hydrogen-bond donors (Lipinski definition) is 1. The van der Waals surface area contributed by atoms with Crippen LogP contribution in [0, 0.1) is 0 Å². The zero-order chi connectivity index (χ0) is 17.0. The van der Waals surface area contributed by atoms with Gasteiger partial charge in [0.2, 0.25) is 10.0 Å². The van der Waals surface area contributed by atoms with Crippen molar-refractivity contribution in [1.82, 2.24) is 4.98 Å². The van der Waals surface area contributed by atoms with Crippen LogP contribution in [0.3, 0.4) is 0 Å². The highest BCUT2D eigenvalue weighted by Gasteiger charge is 2.14. The van der Waals surface area contributed by atoms with E-state index >= 15 is 0 Å². The lowest BCUT2D eigenvalue weighted by atomic mass is 10.1.